The Balaban J connectivity index is 1.30. The van der Waals surface area contributed by atoms with E-state index in [2.05, 4.69) is 5.32 Å². The summed E-state index contributed by atoms with van der Waals surface area (Å²) in [6.45, 7) is 5.81. The van der Waals surface area contributed by atoms with Crippen LogP contribution in [-0.2, 0) is 23.8 Å². The molecule has 2 aromatic carbocycles. The summed E-state index contributed by atoms with van der Waals surface area (Å²) in [6.07, 6.45) is -6.90. The molecule has 0 radical (unpaired) electrons. The second kappa shape index (κ2) is 14.2. The zero-order valence-electron chi connectivity index (χ0n) is 31.5. The summed E-state index contributed by atoms with van der Waals surface area (Å²) in [5.41, 5.74) is -6.97. The van der Waals surface area contributed by atoms with Crippen LogP contribution in [0, 0.1) is 22.7 Å². The third kappa shape index (κ3) is 6.14. The van der Waals surface area contributed by atoms with Gasteiger partial charge in [0.1, 0.15) is 29.5 Å². The number of rotatable bonds is 8. The fraction of sp³-hybridized carbons (Fsp3) is 0.571. The van der Waals surface area contributed by atoms with Gasteiger partial charge in [0.05, 0.1) is 35.8 Å². The highest BCUT2D eigenvalue weighted by molar-refractivity contribution is 5.95. The van der Waals surface area contributed by atoms with E-state index in [4.69, 9.17) is 14.2 Å². The number of fused-ring (bicyclic) bond motifs is 5. The minimum absolute atomic E-state index is 0.00475. The van der Waals surface area contributed by atoms with Gasteiger partial charge in [-0.15, -0.1) is 0 Å². The average Bonchev–Trinajstić information content (AvgIpc) is 3.71. The zero-order chi connectivity index (χ0) is 39.7. The molecule has 2 bridgehead atoms. The van der Waals surface area contributed by atoms with Crippen molar-refractivity contribution < 1.29 is 58.9 Å². The predicted molar refractivity (Wildman–Crippen MR) is 195 cm³/mol. The van der Waals surface area contributed by atoms with Crippen molar-refractivity contribution in [2.75, 3.05) is 6.61 Å². The number of carbonyl (C=O) groups is 4. The van der Waals surface area contributed by atoms with Crippen molar-refractivity contribution in [2.45, 2.75) is 120 Å². The lowest BCUT2D eigenvalue weighted by Crippen LogP contribution is -2.81. The fourth-order valence-electron chi connectivity index (χ4n) is 10.3. The lowest BCUT2D eigenvalue weighted by Gasteiger charge is -2.66. The molecular weight excluding hydrogens is 710 g/mol. The first-order chi connectivity index (χ1) is 26.0. The van der Waals surface area contributed by atoms with Crippen LogP contribution in [0.25, 0.3) is 0 Å². The number of ether oxygens (including phenoxy) is 3. The van der Waals surface area contributed by atoms with Crippen LogP contribution in [0.15, 0.2) is 71.8 Å². The Hall–Kier alpha value is -3.98. The van der Waals surface area contributed by atoms with E-state index >= 15 is 0 Å². The number of Topliss-reactive ketones (excluding diaryl/α,β-unsaturated/α-hetero) is 1. The molecule has 5 aliphatic rings. The molecule has 13 nitrogen and oxygen atoms in total. The normalized spacial score (nSPS) is 36.6. The van der Waals surface area contributed by atoms with Crippen molar-refractivity contribution in [3.63, 3.8) is 0 Å². The monoisotopic (exact) mass is 761 g/mol. The van der Waals surface area contributed by atoms with Gasteiger partial charge in [-0.25, -0.2) is 9.59 Å². The third-order valence-corrected chi connectivity index (χ3v) is 13.7. The Kier molecular flexibility index (Phi) is 10.1. The number of nitrogens with one attached hydrogen (secondary N) is 1. The lowest BCUT2D eigenvalue weighted by atomic mass is 9.44. The van der Waals surface area contributed by atoms with Gasteiger partial charge in [-0.3, -0.25) is 9.59 Å². The largest absolute Gasteiger partial charge is 0.456 e. The Morgan fingerprint density at radius 1 is 0.909 bits per heavy atom. The number of ketones is 1. The maximum Gasteiger partial charge on any atom is 0.338 e. The van der Waals surface area contributed by atoms with E-state index in [9.17, 15) is 44.7 Å². The number of hydrogen-bond donors (Lipinski definition) is 6. The molecule has 13 heteroatoms. The van der Waals surface area contributed by atoms with Gasteiger partial charge >= 0.3 is 11.9 Å². The van der Waals surface area contributed by atoms with E-state index in [-0.39, 0.29) is 35.7 Å². The summed E-state index contributed by atoms with van der Waals surface area (Å²) in [5.74, 6) is -5.05. The number of carbonyl (C=O) groups excluding carboxylic acids is 4. The molecular formula is C42H51NO12. The molecule has 1 heterocycles. The molecule has 1 saturated heterocycles. The van der Waals surface area contributed by atoms with Crippen LogP contribution in [0.3, 0.4) is 0 Å². The summed E-state index contributed by atoms with van der Waals surface area (Å²) in [6, 6.07) is 15.4. The van der Waals surface area contributed by atoms with E-state index < -0.39 is 101 Å². The Morgan fingerprint density at radius 3 is 2.09 bits per heavy atom. The summed E-state index contributed by atoms with van der Waals surface area (Å²) >= 11 is 0. The second-order valence-corrected chi connectivity index (χ2v) is 16.9. The first-order valence-electron chi connectivity index (χ1n) is 19.1. The van der Waals surface area contributed by atoms with Crippen molar-refractivity contribution in [2.24, 2.45) is 22.7 Å². The predicted octanol–water partition coefficient (Wildman–Crippen LogP) is 2.41. The third-order valence-electron chi connectivity index (χ3n) is 13.7. The van der Waals surface area contributed by atoms with Gasteiger partial charge in [-0.05, 0) is 68.0 Å². The standard InChI is InChI=1S/C42H51NO12/c1-22-26(54-38(50)32(46)30(23-13-11-12-14-23)43-36(48)24-15-7-5-8-16-24)20-42(52)35(55-37(49)25-17-9-6-10-18-25)33-40(4,27(44)19-28-41(33,51)21-53-28)34(47)31(45)29(22)39(42,2)3/h5-10,15-18,23,26-28,30-33,35,44-46,51-52H,11-14,19-21H2,1-4H3,(H,43,48)/t26?,27?,28?,30?,31?,32?,33?,35?,40-,41+,42?/m1/s1. The van der Waals surface area contributed by atoms with Crippen molar-refractivity contribution >= 4 is 23.6 Å². The highest BCUT2D eigenvalue weighted by Gasteiger charge is 2.76. The summed E-state index contributed by atoms with van der Waals surface area (Å²) < 4.78 is 17.9. The highest BCUT2D eigenvalue weighted by atomic mass is 16.6. The summed E-state index contributed by atoms with van der Waals surface area (Å²) in [4.78, 5) is 56.0. The van der Waals surface area contributed by atoms with Crippen LogP contribution in [0.4, 0.5) is 0 Å². The molecule has 296 valence electrons. The van der Waals surface area contributed by atoms with Gasteiger partial charge in [0.25, 0.3) is 5.91 Å². The van der Waals surface area contributed by atoms with Crippen LogP contribution >= 0.6 is 0 Å². The zero-order valence-corrected chi connectivity index (χ0v) is 31.5. The maximum atomic E-state index is 14.7. The molecule has 4 aliphatic carbocycles. The molecule has 0 aromatic heterocycles. The Labute approximate surface area is 319 Å². The molecule has 2 aromatic rings. The Morgan fingerprint density at radius 2 is 1.51 bits per heavy atom. The summed E-state index contributed by atoms with van der Waals surface area (Å²) in [5, 5.41) is 63.7. The molecule has 1 amide bonds. The maximum absolute atomic E-state index is 14.7. The van der Waals surface area contributed by atoms with Crippen molar-refractivity contribution in [1.29, 1.82) is 0 Å². The topological polar surface area (TPSA) is 209 Å². The fourth-order valence-corrected chi connectivity index (χ4v) is 10.3. The first kappa shape index (κ1) is 39.3. The van der Waals surface area contributed by atoms with Gasteiger partial charge in [-0.2, -0.15) is 0 Å². The second-order valence-electron chi connectivity index (χ2n) is 16.9. The molecule has 6 N–H and O–H groups in total. The van der Waals surface area contributed by atoms with Crippen LogP contribution in [0.1, 0.15) is 86.9 Å². The number of amides is 1. The lowest BCUT2D eigenvalue weighted by molar-refractivity contribution is -0.343. The smallest absolute Gasteiger partial charge is 0.338 e. The summed E-state index contributed by atoms with van der Waals surface area (Å²) in [7, 11) is 0. The van der Waals surface area contributed by atoms with Crippen molar-refractivity contribution in [3.05, 3.63) is 82.9 Å². The average molecular weight is 762 g/mol. The molecule has 1 aliphatic heterocycles. The van der Waals surface area contributed by atoms with E-state index in [1.165, 1.54) is 19.1 Å². The number of benzene rings is 2. The Bertz CT molecular complexity index is 1860. The van der Waals surface area contributed by atoms with E-state index in [0.717, 1.165) is 12.8 Å². The van der Waals surface area contributed by atoms with E-state index in [1.807, 2.05) is 0 Å². The van der Waals surface area contributed by atoms with Crippen molar-refractivity contribution in [3.8, 4) is 0 Å². The highest BCUT2D eigenvalue weighted by Crippen LogP contribution is 2.63. The molecule has 9 unspecified atom stereocenters. The molecule has 0 spiro atoms. The van der Waals surface area contributed by atoms with E-state index in [0.29, 0.717) is 18.4 Å². The van der Waals surface area contributed by atoms with Gasteiger partial charge in [0.15, 0.2) is 11.9 Å². The number of aliphatic hydroxyl groups is 5. The van der Waals surface area contributed by atoms with Crippen LogP contribution in [-0.4, -0.2) is 110 Å². The number of aliphatic hydroxyl groups excluding tert-OH is 3. The quantitative estimate of drug-likeness (QED) is 0.169. The van der Waals surface area contributed by atoms with Gasteiger partial charge < -0.3 is 45.1 Å². The first-order valence-corrected chi connectivity index (χ1v) is 19.1. The van der Waals surface area contributed by atoms with Gasteiger partial charge in [0.2, 0.25) is 0 Å². The van der Waals surface area contributed by atoms with Crippen LogP contribution in [0.5, 0.6) is 0 Å². The van der Waals surface area contributed by atoms with E-state index in [1.54, 1.807) is 69.3 Å². The number of esters is 2. The molecule has 55 heavy (non-hydrogen) atoms. The van der Waals surface area contributed by atoms with Gasteiger partial charge in [-0.1, -0.05) is 63.1 Å². The minimum atomic E-state index is -2.27. The molecule has 7 rings (SSSR count). The molecule has 4 fully saturated rings. The minimum Gasteiger partial charge on any atom is -0.456 e. The van der Waals surface area contributed by atoms with Crippen molar-refractivity contribution in [1.82, 2.24) is 5.32 Å². The van der Waals surface area contributed by atoms with Gasteiger partial charge in [0, 0.05) is 29.7 Å². The molecule has 3 saturated carbocycles. The van der Waals surface area contributed by atoms with Crippen LogP contribution < -0.4 is 5.32 Å². The SMILES string of the molecule is CC1=C2C(O)C(=O)[C@]3(C)C(O)CC4OC[C@@]4(O)C3C(OC(=O)c3ccccc3)C(O)(CC1OC(=O)C(O)C(NC(=O)c1ccccc1)C1CCCC1)C2(C)C. The van der Waals surface area contributed by atoms with Crippen LogP contribution in [0.2, 0.25) is 0 Å². The number of hydrogen-bond acceptors (Lipinski definition) is 12. The molecule has 11 atom stereocenters.